The SMILES string of the molecule is CCOc1ccc(-c2nc(-c3ccnc(C#N)c3)cs2)cc1OCC. The van der Waals surface area contributed by atoms with Crippen LogP contribution in [0.2, 0.25) is 0 Å². The van der Waals surface area contributed by atoms with Crippen LogP contribution in [-0.2, 0) is 0 Å². The lowest BCUT2D eigenvalue weighted by atomic mass is 10.2. The van der Waals surface area contributed by atoms with Gasteiger partial charge in [0.2, 0.25) is 0 Å². The highest BCUT2D eigenvalue weighted by atomic mass is 32.1. The second kappa shape index (κ2) is 7.77. The smallest absolute Gasteiger partial charge is 0.161 e. The van der Waals surface area contributed by atoms with E-state index in [9.17, 15) is 0 Å². The first kappa shape index (κ1) is 16.9. The highest BCUT2D eigenvalue weighted by Crippen LogP contribution is 2.35. The van der Waals surface area contributed by atoms with E-state index in [4.69, 9.17) is 14.7 Å². The third-order valence-corrected chi connectivity index (χ3v) is 4.36. The number of ether oxygens (including phenoxy) is 2. The second-order valence-electron chi connectivity index (χ2n) is 5.11. The van der Waals surface area contributed by atoms with Crippen LogP contribution in [0.15, 0.2) is 41.9 Å². The summed E-state index contributed by atoms with van der Waals surface area (Å²) in [5.41, 5.74) is 3.06. The molecular formula is C19H17N3O2S. The molecule has 0 unspecified atom stereocenters. The van der Waals surface area contributed by atoms with Crippen molar-refractivity contribution < 1.29 is 9.47 Å². The van der Waals surface area contributed by atoms with Gasteiger partial charge in [-0.05, 0) is 44.2 Å². The van der Waals surface area contributed by atoms with E-state index in [0.29, 0.717) is 24.7 Å². The number of benzene rings is 1. The highest BCUT2D eigenvalue weighted by molar-refractivity contribution is 7.13. The molecule has 0 aliphatic carbocycles. The fourth-order valence-corrected chi connectivity index (χ4v) is 3.20. The van der Waals surface area contributed by atoms with E-state index in [1.807, 2.05) is 49.6 Å². The second-order valence-corrected chi connectivity index (χ2v) is 5.97. The van der Waals surface area contributed by atoms with Gasteiger partial charge < -0.3 is 9.47 Å². The van der Waals surface area contributed by atoms with Gasteiger partial charge in [0, 0.05) is 22.7 Å². The molecule has 0 N–H and O–H groups in total. The van der Waals surface area contributed by atoms with Crippen LogP contribution >= 0.6 is 11.3 Å². The third kappa shape index (κ3) is 3.78. The number of hydrogen-bond acceptors (Lipinski definition) is 6. The molecule has 0 saturated heterocycles. The van der Waals surface area contributed by atoms with Crippen molar-refractivity contribution in [1.29, 1.82) is 5.26 Å². The molecule has 1 aromatic carbocycles. The molecule has 0 saturated carbocycles. The molecule has 2 heterocycles. The number of nitrogens with zero attached hydrogens (tertiary/aromatic N) is 3. The van der Waals surface area contributed by atoms with Crippen LogP contribution in [0.25, 0.3) is 21.8 Å². The number of hydrogen-bond donors (Lipinski definition) is 0. The predicted octanol–water partition coefficient (Wildman–Crippen LogP) is 4.54. The van der Waals surface area contributed by atoms with Gasteiger partial charge in [-0.3, -0.25) is 0 Å². The summed E-state index contributed by atoms with van der Waals surface area (Å²) in [5, 5.41) is 11.8. The maximum Gasteiger partial charge on any atom is 0.161 e. The number of aromatic nitrogens is 2. The Kier molecular flexibility index (Phi) is 5.26. The van der Waals surface area contributed by atoms with E-state index < -0.39 is 0 Å². The quantitative estimate of drug-likeness (QED) is 0.652. The van der Waals surface area contributed by atoms with Crippen LogP contribution < -0.4 is 9.47 Å². The molecule has 3 aromatic rings. The highest BCUT2D eigenvalue weighted by Gasteiger charge is 2.11. The molecule has 0 amide bonds. The lowest BCUT2D eigenvalue weighted by Gasteiger charge is -2.11. The Morgan fingerprint density at radius 3 is 2.60 bits per heavy atom. The van der Waals surface area contributed by atoms with Crippen molar-refractivity contribution in [1.82, 2.24) is 9.97 Å². The monoisotopic (exact) mass is 351 g/mol. The molecule has 0 bridgehead atoms. The van der Waals surface area contributed by atoms with Gasteiger partial charge in [0.25, 0.3) is 0 Å². The Labute approximate surface area is 150 Å². The van der Waals surface area contributed by atoms with Crippen molar-refractivity contribution in [3.05, 3.63) is 47.6 Å². The number of pyridine rings is 1. The minimum atomic E-state index is 0.381. The summed E-state index contributed by atoms with van der Waals surface area (Å²) in [6, 6.07) is 11.5. The molecule has 0 aliphatic rings. The predicted molar refractivity (Wildman–Crippen MR) is 97.8 cm³/mol. The minimum absolute atomic E-state index is 0.381. The first-order chi connectivity index (χ1) is 12.2. The summed E-state index contributed by atoms with van der Waals surface area (Å²) < 4.78 is 11.3. The normalized spacial score (nSPS) is 10.3. The van der Waals surface area contributed by atoms with Gasteiger partial charge in [-0.25, -0.2) is 9.97 Å². The Bertz CT molecular complexity index is 915. The summed E-state index contributed by atoms with van der Waals surface area (Å²) in [6.45, 7) is 5.05. The van der Waals surface area contributed by atoms with Gasteiger partial charge in [-0.2, -0.15) is 5.26 Å². The van der Waals surface area contributed by atoms with Crippen molar-refractivity contribution in [3.63, 3.8) is 0 Å². The fourth-order valence-electron chi connectivity index (χ4n) is 2.37. The molecule has 0 aliphatic heterocycles. The summed E-state index contributed by atoms with van der Waals surface area (Å²) in [4.78, 5) is 8.68. The Morgan fingerprint density at radius 1 is 1.04 bits per heavy atom. The van der Waals surface area contributed by atoms with Crippen molar-refractivity contribution in [2.75, 3.05) is 13.2 Å². The summed E-state index contributed by atoms with van der Waals surface area (Å²) in [7, 11) is 0. The fraction of sp³-hybridized carbons (Fsp3) is 0.211. The van der Waals surface area contributed by atoms with E-state index in [1.165, 1.54) is 0 Å². The molecule has 2 aromatic heterocycles. The number of rotatable bonds is 6. The van der Waals surface area contributed by atoms with E-state index >= 15 is 0 Å². The van der Waals surface area contributed by atoms with Crippen LogP contribution in [-0.4, -0.2) is 23.2 Å². The Hall–Kier alpha value is -2.91. The van der Waals surface area contributed by atoms with Gasteiger partial charge in [0.1, 0.15) is 16.8 Å². The Morgan fingerprint density at radius 2 is 1.84 bits per heavy atom. The molecule has 0 atom stereocenters. The Balaban J connectivity index is 1.94. The van der Waals surface area contributed by atoms with Crippen LogP contribution in [0.1, 0.15) is 19.5 Å². The molecule has 0 fully saturated rings. The minimum Gasteiger partial charge on any atom is -0.490 e. The first-order valence-electron chi connectivity index (χ1n) is 7.97. The van der Waals surface area contributed by atoms with Crippen LogP contribution in [0.5, 0.6) is 11.5 Å². The van der Waals surface area contributed by atoms with Gasteiger partial charge in [0.15, 0.2) is 11.5 Å². The molecule has 25 heavy (non-hydrogen) atoms. The van der Waals surface area contributed by atoms with Gasteiger partial charge in [-0.15, -0.1) is 11.3 Å². The molecule has 3 rings (SSSR count). The van der Waals surface area contributed by atoms with Crippen molar-refractivity contribution in [2.24, 2.45) is 0 Å². The average molecular weight is 351 g/mol. The van der Waals surface area contributed by atoms with Crippen molar-refractivity contribution in [3.8, 4) is 39.4 Å². The molecular weight excluding hydrogens is 334 g/mol. The zero-order chi connectivity index (χ0) is 17.6. The number of thiazole rings is 1. The summed E-state index contributed by atoms with van der Waals surface area (Å²) >= 11 is 1.55. The standard InChI is InChI=1S/C19H17N3O2S/c1-3-23-17-6-5-14(10-18(17)24-4-2)19-22-16(12-25-19)13-7-8-21-15(9-13)11-20/h5-10,12H,3-4H2,1-2H3. The van der Waals surface area contributed by atoms with Crippen LogP contribution in [0.4, 0.5) is 0 Å². The van der Waals surface area contributed by atoms with Crippen molar-refractivity contribution >= 4 is 11.3 Å². The van der Waals surface area contributed by atoms with Gasteiger partial charge in [0.05, 0.1) is 18.9 Å². The summed E-state index contributed by atoms with van der Waals surface area (Å²) in [6.07, 6.45) is 1.62. The van der Waals surface area contributed by atoms with E-state index in [-0.39, 0.29) is 0 Å². The van der Waals surface area contributed by atoms with E-state index in [1.54, 1.807) is 23.6 Å². The third-order valence-electron chi connectivity index (χ3n) is 3.46. The topological polar surface area (TPSA) is 68.0 Å². The van der Waals surface area contributed by atoms with E-state index in [0.717, 1.165) is 27.6 Å². The maximum atomic E-state index is 8.99. The van der Waals surface area contributed by atoms with E-state index in [2.05, 4.69) is 9.97 Å². The van der Waals surface area contributed by atoms with Gasteiger partial charge in [-0.1, -0.05) is 0 Å². The molecule has 0 spiro atoms. The molecule has 6 heteroatoms. The molecule has 0 radical (unpaired) electrons. The largest absolute Gasteiger partial charge is 0.490 e. The lowest BCUT2D eigenvalue weighted by Crippen LogP contribution is -1.98. The first-order valence-corrected chi connectivity index (χ1v) is 8.85. The lowest BCUT2D eigenvalue weighted by molar-refractivity contribution is 0.288. The molecule has 5 nitrogen and oxygen atoms in total. The van der Waals surface area contributed by atoms with Crippen molar-refractivity contribution in [2.45, 2.75) is 13.8 Å². The zero-order valence-corrected chi connectivity index (χ0v) is 14.8. The van der Waals surface area contributed by atoms with Crippen LogP contribution in [0.3, 0.4) is 0 Å². The van der Waals surface area contributed by atoms with Gasteiger partial charge >= 0.3 is 0 Å². The van der Waals surface area contributed by atoms with Crippen LogP contribution in [0, 0.1) is 11.3 Å². The maximum absolute atomic E-state index is 8.99. The number of nitriles is 1. The zero-order valence-electron chi connectivity index (χ0n) is 14.0. The molecule has 126 valence electrons. The average Bonchev–Trinajstić information content (AvgIpc) is 3.14. The summed E-state index contributed by atoms with van der Waals surface area (Å²) in [5.74, 6) is 1.45.